The molecule has 0 unspecified atom stereocenters. The van der Waals surface area contributed by atoms with Gasteiger partial charge in [0.15, 0.2) is 0 Å². The Hall–Kier alpha value is -0.980. The standard InChI is InChI=1S/C12H16O/c1-12(7-2-3-8-12)10-5-4-6-11(13)9-10/h4-6,9,13H,2-3,7-8H2,1H3. The van der Waals surface area contributed by atoms with Crippen LogP contribution in [0.5, 0.6) is 5.75 Å². The van der Waals surface area contributed by atoms with E-state index in [4.69, 9.17) is 0 Å². The van der Waals surface area contributed by atoms with Crippen molar-refractivity contribution in [2.75, 3.05) is 0 Å². The van der Waals surface area contributed by atoms with Crippen molar-refractivity contribution < 1.29 is 5.11 Å². The minimum absolute atomic E-state index is 0.318. The van der Waals surface area contributed by atoms with Gasteiger partial charge in [-0.25, -0.2) is 0 Å². The van der Waals surface area contributed by atoms with E-state index >= 15 is 0 Å². The fourth-order valence-corrected chi connectivity index (χ4v) is 2.33. The van der Waals surface area contributed by atoms with Gasteiger partial charge in [0.05, 0.1) is 0 Å². The van der Waals surface area contributed by atoms with Gasteiger partial charge in [-0.15, -0.1) is 0 Å². The van der Waals surface area contributed by atoms with Gasteiger partial charge in [0.2, 0.25) is 0 Å². The predicted octanol–water partition coefficient (Wildman–Crippen LogP) is 3.22. The lowest BCUT2D eigenvalue weighted by Gasteiger charge is -2.24. The van der Waals surface area contributed by atoms with E-state index in [1.807, 2.05) is 12.1 Å². The summed E-state index contributed by atoms with van der Waals surface area (Å²) in [5, 5.41) is 9.39. The van der Waals surface area contributed by atoms with Gasteiger partial charge in [0, 0.05) is 0 Å². The number of hydrogen-bond donors (Lipinski definition) is 1. The molecule has 0 spiro atoms. The summed E-state index contributed by atoms with van der Waals surface area (Å²) in [6.45, 7) is 2.30. The lowest BCUT2D eigenvalue weighted by molar-refractivity contribution is 0.460. The maximum absolute atomic E-state index is 9.39. The van der Waals surface area contributed by atoms with E-state index in [9.17, 15) is 5.11 Å². The molecule has 1 aliphatic rings. The average Bonchev–Trinajstić information content (AvgIpc) is 2.54. The quantitative estimate of drug-likeness (QED) is 0.696. The van der Waals surface area contributed by atoms with Gasteiger partial charge in [0.1, 0.15) is 5.75 Å². The second kappa shape index (κ2) is 3.06. The summed E-state index contributed by atoms with van der Waals surface area (Å²) >= 11 is 0. The van der Waals surface area contributed by atoms with Gasteiger partial charge >= 0.3 is 0 Å². The van der Waals surface area contributed by atoms with Gasteiger partial charge < -0.3 is 5.11 Å². The Labute approximate surface area is 79.4 Å². The first-order valence-corrected chi connectivity index (χ1v) is 5.00. The maximum Gasteiger partial charge on any atom is 0.115 e. The molecule has 1 N–H and O–H groups in total. The molecule has 1 aromatic rings. The zero-order chi connectivity index (χ0) is 9.31. The van der Waals surface area contributed by atoms with E-state index in [1.54, 1.807) is 6.07 Å². The van der Waals surface area contributed by atoms with E-state index in [2.05, 4.69) is 13.0 Å². The maximum atomic E-state index is 9.39. The summed E-state index contributed by atoms with van der Waals surface area (Å²) in [5.41, 5.74) is 1.61. The number of phenols is 1. The molecule has 70 valence electrons. The highest BCUT2D eigenvalue weighted by Gasteiger charge is 2.30. The van der Waals surface area contributed by atoms with Gasteiger partial charge in [-0.1, -0.05) is 31.9 Å². The molecule has 0 amide bonds. The highest BCUT2D eigenvalue weighted by atomic mass is 16.3. The van der Waals surface area contributed by atoms with Crippen LogP contribution in [0.1, 0.15) is 38.2 Å². The van der Waals surface area contributed by atoms with Crippen molar-refractivity contribution in [1.29, 1.82) is 0 Å². The van der Waals surface area contributed by atoms with Crippen molar-refractivity contribution >= 4 is 0 Å². The van der Waals surface area contributed by atoms with E-state index < -0.39 is 0 Å². The van der Waals surface area contributed by atoms with E-state index in [0.717, 1.165) is 0 Å². The number of phenolic OH excluding ortho intramolecular Hbond substituents is 1. The number of rotatable bonds is 1. The molecule has 0 aromatic heterocycles. The van der Waals surface area contributed by atoms with Crippen molar-refractivity contribution in [1.82, 2.24) is 0 Å². The van der Waals surface area contributed by atoms with Crippen LogP contribution in [0.4, 0.5) is 0 Å². The Morgan fingerprint density at radius 3 is 2.54 bits per heavy atom. The molecule has 2 rings (SSSR count). The third-order valence-corrected chi connectivity index (χ3v) is 3.25. The molecule has 0 atom stereocenters. The molecular formula is C12H16O. The number of benzene rings is 1. The zero-order valence-electron chi connectivity index (χ0n) is 8.09. The number of aromatic hydroxyl groups is 1. The lowest BCUT2D eigenvalue weighted by atomic mass is 9.81. The lowest BCUT2D eigenvalue weighted by Crippen LogP contribution is -2.16. The Morgan fingerprint density at radius 2 is 1.92 bits per heavy atom. The second-order valence-electron chi connectivity index (χ2n) is 4.32. The van der Waals surface area contributed by atoms with Gasteiger partial charge in [0.25, 0.3) is 0 Å². The van der Waals surface area contributed by atoms with E-state index in [0.29, 0.717) is 11.2 Å². The van der Waals surface area contributed by atoms with Crippen LogP contribution in [0, 0.1) is 0 Å². The fourth-order valence-electron chi connectivity index (χ4n) is 2.33. The molecule has 1 heteroatoms. The van der Waals surface area contributed by atoms with Crippen molar-refractivity contribution in [3.05, 3.63) is 29.8 Å². The van der Waals surface area contributed by atoms with E-state index in [1.165, 1.54) is 31.2 Å². The highest BCUT2D eigenvalue weighted by Crippen LogP contribution is 2.41. The van der Waals surface area contributed by atoms with Crippen LogP contribution >= 0.6 is 0 Å². The Balaban J connectivity index is 2.33. The fraction of sp³-hybridized carbons (Fsp3) is 0.500. The normalized spacial score (nSPS) is 20.4. The first-order chi connectivity index (χ1) is 6.21. The minimum atomic E-state index is 0.318. The van der Waals surface area contributed by atoms with Crippen LogP contribution in [0.3, 0.4) is 0 Å². The predicted molar refractivity (Wildman–Crippen MR) is 53.9 cm³/mol. The molecule has 1 nitrogen and oxygen atoms in total. The Kier molecular flexibility index (Phi) is 2.03. The summed E-state index contributed by atoms with van der Waals surface area (Å²) in [7, 11) is 0. The van der Waals surface area contributed by atoms with E-state index in [-0.39, 0.29) is 0 Å². The largest absolute Gasteiger partial charge is 0.508 e. The summed E-state index contributed by atoms with van der Waals surface area (Å²) in [5.74, 6) is 0.394. The molecule has 0 aliphatic heterocycles. The molecular weight excluding hydrogens is 160 g/mol. The molecule has 0 radical (unpaired) electrons. The smallest absolute Gasteiger partial charge is 0.115 e. The monoisotopic (exact) mass is 176 g/mol. The minimum Gasteiger partial charge on any atom is -0.508 e. The summed E-state index contributed by atoms with van der Waals surface area (Å²) in [4.78, 5) is 0. The van der Waals surface area contributed by atoms with Crippen LogP contribution in [-0.2, 0) is 5.41 Å². The van der Waals surface area contributed by atoms with Crippen LogP contribution < -0.4 is 0 Å². The van der Waals surface area contributed by atoms with Crippen molar-refractivity contribution in [3.8, 4) is 5.75 Å². The first-order valence-electron chi connectivity index (χ1n) is 5.00. The van der Waals surface area contributed by atoms with Crippen molar-refractivity contribution in [2.45, 2.75) is 38.0 Å². The molecule has 1 fully saturated rings. The van der Waals surface area contributed by atoms with Gasteiger partial charge in [-0.3, -0.25) is 0 Å². The summed E-state index contributed by atoms with van der Waals surface area (Å²) < 4.78 is 0. The Morgan fingerprint density at radius 1 is 1.23 bits per heavy atom. The van der Waals surface area contributed by atoms with Crippen LogP contribution in [0.15, 0.2) is 24.3 Å². The molecule has 1 saturated carbocycles. The second-order valence-corrected chi connectivity index (χ2v) is 4.32. The van der Waals surface area contributed by atoms with Crippen LogP contribution in [0.2, 0.25) is 0 Å². The molecule has 0 heterocycles. The summed E-state index contributed by atoms with van der Waals surface area (Å²) in [6.07, 6.45) is 5.17. The van der Waals surface area contributed by atoms with Crippen LogP contribution in [0.25, 0.3) is 0 Å². The number of hydrogen-bond acceptors (Lipinski definition) is 1. The summed E-state index contributed by atoms with van der Waals surface area (Å²) in [6, 6.07) is 7.71. The third-order valence-electron chi connectivity index (χ3n) is 3.25. The van der Waals surface area contributed by atoms with Gasteiger partial charge in [-0.2, -0.15) is 0 Å². The van der Waals surface area contributed by atoms with Crippen LogP contribution in [-0.4, -0.2) is 5.11 Å². The Bertz CT molecular complexity index is 298. The van der Waals surface area contributed by atoms with Gasteiger partial charge in [-0.05, 0) is 36.0 Å². The topological polar surface area (TPSA) is 20.2 Å². The molecule has 1 aromatic carbocycles. The SMILES string of the molecule is CC1(c2cccc(O)c2)CCCC1. The average molecular weight is 176 g/mol. The molecule has 1 aliphatic carbocycles. The first kappa shape index (κ1) is 8.61. The molecule has 0 saturated heterocycles. The van der Waals surface area contributed by atoms with Crippen molar-refractivity contribution in [3.63, 3.8) is 0 Å². The van der Waals surface area contributed by atoms with Crippen molar-refractivity contribution in [2.24, 2.45) is 0 Å². The zero-order valence-corrected chi connectivity index (χ0v) is 8.09. The molecule has 13 heavy (non-hydrogen) atoms. The highest BCUT2D eigenvalue weighted by molar-refractivity contribution is 5.33. The third kappa shape index (κ3) is 1.55. The molecule has 0 bridgehead atoms.